The van der Waals surface area contributed by atoms with Crippen LogP contribution >= 0.6 is 11.6 Å². The summed E-state index contributed by atoms with van der Waals surface area (Å²) in [6.07, 6.45) is 1.52. The molecule has 0 saturated carbocycles. The van der Waals surface area contributed by atoms with Crippen LogP contribution in [0.3, 0.4) is 0 Å². The van der Waals surface area contributed by atoms with Crippen LogP contribution < -0.4 is 10.0 Å². The maximum absolute atomic E-state index is 12.0. The molecule has 4 nitrogen and oxygen atoms in total. The number of rotatable bonds is 9. The molecule has 1 aromatic rings. The molecule has 0 aliphatic heterocycles. The predicted octanol–water partition coefficient (Wildman–Crippen LogP) is 2.71. The molecule has 1 atom stereocenters. The molecule has 114 valence electrons. The van der Waals surface area contributed by atoms with Crippen LogP contribution in [0, 0.1) is 0 Å². The lowest BCUT2D eigenvalue weighted by atomic mass is 10.1. The minimum atomic E-state index is -3.25. The number of halogens is 1. The van der Waals surface area contributed by atoms with Gasteiger partial charge in [0.15, 0.2) is 0 Å². The van der Waals surface area contributed by atoms with E-state index in [-0.39, 0.29) is 11.8 Å². The Labute approximate surface area is 127 Å². The monoisotopic (exact) mass is 318 g/mol. The highest BCUT2D eigenvalue weighted by atomic mass is 35.5. The first kappa shape index (κ1) is 17.4. The average molecular weight is 319 g/mol. The molecule has 6 heteroatoms. The summed E-state index contributed by atoms with van der Waals surface area (Å²) in [6, 6.07) is 6.96. The first-order chi connectivity index (χ1) is 9.44. The second-order valence-electron chi connectivity index (χ2n) is 4.77. The highest BCUT2D eigenvalue weighted by Gasteiger charge is 2.15. The summed E-state index contributed by atoms with van der Waals surface area (Å²) in [5, 5.41) is 3.79. The van der Waals surface area contributed by atoms with Gasteiger partial charge >= 0.3 is 0 Å². The molecule has 0 radical (unpaired) electrons. The average Bonchev–Trinajstić information content (AvgIpc) is 2.38. The number of hydrogen-bond acceptors (Lipinski definition) is 3. The Balaban J connectivity index is 2.45. The van der Waals surface area contributed by atoms with E-state index in [1.807, 2.05) is 26.0 Å². The van der Waals surface area contributed by atoms with Crippen molar-refractivity contribution in [2.45, 2.75) is 32.7 Å². The number of sulfonamides is 1. The third-order valence-corrected chi connectivity index (χ3v) is 4.75. The van der Waals surface area contributed by atoms with Gasteiger partial charge < -0.3 is 5.32 Å². The zero-order valence-corrected chi connectivity index (χ0v) is 13.6. The Kier molecular flexibility index (Phi) is 7.51. The van der Waals surface area contributed by atoms with E-state index in [1.165, 1.54) is 0 Å². The minimum absolute atomic E-state index is 0.156. The van der Waals surface area contributed by atoms with Crippen LogP contribution in [0.4, 0.5) is 0 Å². The number of benzene rings is 1. The first-order valence-electron chi connectivity index (χ1n) is 6.91. The fraction of sp³-hybridized carbons (Fsp3) is 0.571. The molecule has 0 bridgehead atoms. The lowest BCUT2D eigenvalue weighted by Gasteiger charge is -2.15. The molecule has 0 aromatic heterocycles. The third-order valence-electron chi connectivity index (χ3n) is 2.97. The number of nitrogens with one attached hydrogen (secondary N) is 2. The third kappa shape index (κ3) is 6.70. The van der Waals surface area contributed by atoms with Gasteiger partial charge in [-0.05, 0) is 50.6 Å². The summed E-state index contributed by atoms with van der Waals surface area (Å²) < 4.78 is 26.6. The van der Waals surface area contributed by atoms with Gasteiger partial charge in [0.25, 0.3) is 0 Å². The van der Waals surface area contributed by atoms with Crippen molar-refractivity contribution < 1.29 is 8.42 Å². The van der Waals surface area contributed by atoms with Gasteiger partial charge in [-0.2, -0.15) is 0 Å². The van der Waals surface area contributed by atoms with E-state index < -0.39 is 10.0 Å². The molecule has 1 unspecified atom stereocenters. The van der Waals surface area contributed by atoms with E-state index in [9.17, 15) is 8.42 Å². The Morgan fingerprint density at radius 3 is 2.70 bits per heavy atom. The molecule has 20 heavy (non-hydrogen) atoms. The molecule has 0 aliphatic rings. The molecule has 0 amide bonds. The summed E-state index contributed by atoms with van der Waals surface area (Å²) in [5.74, 6) is 0.156. The molecule has 2 N–H and O–H groups in total. The van der Waals surface area contributed by atoms with Crippen molar-refractivity contribution in [1.82, 2.24) is 10.0 Å². The van der Waals surface area contributed by atoms with E-state index in [4.69, 9.17) is 11.6 Å². The van der Waals surface area contributed by atoms with Gasteiger partial charge in [-0.3, -0.25) is 0 Å². The highest BCUT2D eigenvalue weighted by Crippen LogP contribution is 2.18. The van der Waals surface area contributed by atoms with Gasteiger partial charge in [-0.1, -0.05) is 30.7 Å². The maximum Gasteiger partial charge on any atom is 0.212 e. The zero-order valence-electron chi connectivity index (χ0n) is 12.0. The van der Waals surface area contributed by atoms with Crippen LogP contribution in [0.2, 0.25) is 5.02 Å². The molecule has 1 rings (SSSR count). The van der Waals surface area contributed by atoms with E-state index in [0.717, 1.165) is 25.1 Å². The Bertz CT molecular complexity index is 506. The lowest BCUT2D eigenvalue weighted by molar-refractivity contribution is 0.561. The fourth-order valence-corrected chi connectivity index (χ4v) is 3.47. The predicted molar refractivity (Wildman–Crippen MR) is 84.6 cm³/mol. The van der Waals surface area contributed by atoms with Crippen LogP contribution in [0.5, 0.6) is 0 Å². The molecule has 1 aromatic carbocycles. The van der Waals surface area contributed by atoms with Crippen molar-refractivity contribution in [2.24, 2.45) is 0 Å². The Morgan fingerprint density at radius 1 is 1.30 bits per heavy atom. The lowest BCUT2D eigenvalue weighted by Crippen LogP contribution is -2.29. The summed E-state index contributed by atoms with van der Waals surface area (Å²) >= 11 is 5.91. The molecule has 0 heterocycles. The van der Waals surface area contributed by atoms with Crippen LogP contribution in [0.15, 0.2) is 24.3 Å². The summed E-state index contributed by atoms with van der Waals surface area (Å²) in [6.45, 7) is 5.62. The van der Waals surface area contributed by atoms with E-state index >= 15 is 0 Å². The summed E-state index contributed by atoms with van der Waals surface area (Å²) in [7, 11) is -3.25. The molecule has 0 saturated heterocycles. The maximum atomic E-state index is 12.0. The number of unbranched alkanes of at least 4 members (excludes halogenated alkanes) is 1. The van der Waals surface area contributed by atoms with Crippen molar-refractivity contribution in [1.29, 1.82) is 0 Å². The SMILES string of the molecule is CCNCCCCS(=O)(=O)NC(C)c1cccc(Cl)c1. The molecule has 0 fully saturated rings. The molecular formula is C14H23ClN2O2S. The number of hydrogen-bond donors (Lipinski definition) is 2. The van der Waals surface area contributed by atoms with Crippen molar-refractivity contribution in [3.05, 3.63) is 34.9 Å². The van der Waals surface area contributed by atoms with E-state index in [0.29, 0.717) is 11.4 Å². The zero-order chi connectivity index (χ0) is 15.0. The molecular weight excluding hydrogens is 296 g/mol. The quantitative estimate of drug-likeness (QED) is 0.688. The van der Waals surface area contributed by atoms with Crippen LogP contribution in [0.25, 0.3) is 0 Å². The van der Waals surface area contributed by atoms with Crippen molar-refractivity contribution in [2.75, 3.05) is 18.8 Å². The molecule has 0 spiro atoms. The first-order valence-corrected chi connectivity index (χ1v) is 8.94. The smallest absolute Gasteiger partial charge is 0.212 e. The second-order valence-corrected chi connectivity index (χ2v) is 7.08. The topological polar surface area (TPSA) is 58.2 Å². The largest absolute Gasteiger partial charge is 0.317 e. The Hall–Kier alpha value is -0.620. The van der Waals surface area contributed by atoms with Crippen LogP contribution in [0.1, 0.15) is 38.3 Å². The summed E-state index contributed by atoms with van der Waals surface area (Å²) in [4.78, 5) is 0. The minimum Gasteiger partial charge on any atom is -0.317 e. The molecule has 0 aliphatic carbocycles. The van der Waals surface area contributed by atoms with Gasteiger partial charge in [-0.15, -0.1) is 0 Å². The van der Waals surface area contributed by atoms with Gasteiger partial charge in [0.05, 0.1) is 5.75 Å². The van der Waals surface area contributed by atoms with Gasteiger partial charge in [0.1, 0.15) is 0 Å². The normalized spacial score (nSPS) is 13.3. The van der Waals surface area contributed by atoms with Crippen LogP contribution in [-0.4, -0.2) is 27.3 Å². The Morgan fingerprint density at radius 2 is 2.05 bits per heavy atom. The van der Waals surface area contributed by atoms with E-state index in [1.54, 1.807) is 12.1 Å². The van der Waals surface area contributed by atoms with Gasteiger partial charge in [0.2, 0.25) is 10.0 Å². The van der Waals surface area contributed by atoms with E-state index in [2.05, 4.69) is 10.0 Å². The van der Waals surface area contributed by atoms with Crippen molar-refractivity contribution in [3.63, 3.8) is 0 Å². The standard InChI is InChI=1S/C14H23ClN2O2S/c1-3-16-9-4-5-10-20(18,19)17-12(2)13-7-6-8-14(15)11-13/h6-8,11-12,16-17H,3-5,9-10H2,1-2H3. The van der Waals surface area contributed by atoms with Crippen molar-refractivity contribution in [3.8, 4) is 0 Å². The fourth-order valence-electron chi connectivity index (χ4n) is 1.89. The summed E-state index contributed by atoms with van der Waals surface area (Å²) in [5.41, 5.74) is 0.869. The van der Waals surface area contributed by atoms with Gasteiger partial charge in [-0.25, -0.2) is 13.1 Å². The van der Waals surface area contributed by atoms with Crippen LogP contribution in [-0.2, 0) is 10.0 Å². The van der Waals surface area contributed by atoms with Crippen molar-refractivity contribution >= 4 is 21.6 Å². The van der Waals surface area contributed by atoms with Gasteiger partial charge in [0, 0.05) is 11.1 Å². The second kappa shape index (κ2) is 8.62. The highest BCUT2D eigenvalue weighted by molar-refractivity contribution is 7.89.